The lowest BCUT2D eigenvalue weighted by Crippen LogP contribution is -1.94. The first kappa shape index (κ1) is 11.1. The Morgan fingerprint density at radius 3 is 2.71 bits per heavy atom. The second kappa shape index (κ2) is 5.02. The van der Waals surface area contributed by atoms with Crippen molar-refractivity contribution in [2.24, 2.45) is 4.40 Å². The van der Waals surface area contributed by atoms with Crippen LogP contribution in [-0.4, -0.2) is 22.0 Å². The summed E-state index contributed by atoms with van der Waals surface area (Å²) >= 11 is -1.29. The largest absolute Gasteiger partial charge is 0.592 e. The molecule has 3 nitrogen and oxygen atoms in total. The molecule has 0 amide bonds. The van der Waals surface area contributed by atoms with E-state index in [4.69, 9.17) is 0 Å². The standard InChI is InChI=1S/C8H8F2N2OS/c1-14(13)12-5-6-2-3-7(8(9)10)11-4-6/h2-5,8H,1H3. The van der Waals surface area contributed by atoms with E-state index >= 15 is 0 Å². The Labute approximate surface area is 83.2 Å². The maximum Gasteiger partial charge on any atom is 0.280 e. The van der Waals surface area contributed by atoms with Gasteiger partial charge in [-0.05, 0) is 12.1 Å². The summed E-state index contributed by atoms with van der Waals surface area (Å²) in [5, 5.41) is 0. The molecule has 14 heavy (non-hydrogen) atoms. The third-order valence-electron chi connectivity index (χ3n) is 1.38. The van der Waals surface area contributed by atoms with Gasteiger partial charge in [0, 0.05) is 11.8 Å². The van der Waals surface area contributed by atoms with E-state index in [0.29, 0.717) is 5.56 Å². The average molecular weight is 218 g/mol. The van der Waals surface area contributed by atoms with Gasteiger partial charge < -0.3 is 4.55 Å². The van der Waals surface area contributed by atoms with Crippen LogP contribution in [0.25, 0.3) is 0 Å². The molecule has 1 aromatic rings. The number of aromatic nitrogens is 1. The third kappa shape index (κ3) is 3.39. The fourth-order valence-corrected chi connectivity index (χ4v) is 1.03. The zero-order chi connectivity index (χ0) is 10.6. The Kier molecular flexibility index (Phi) is 3.97. The molecule has 0 radical (unpaired) electrons. The quantitative estimate of drug-likeness (QED) is 0.573. The van der Waals surface area contributed by atoms with E-state index in [0.717, 1.165) is 0 Å². The van der Waals surface area contributed by atoms with Gasteiger partial charge >= 0.3 is 0 Å². The van der Waals surface area contributed by atoms with Gasteiger partial charge in [-0.15, -0.1) is 0 Å². The molecule has 1 aromatic heterocycles. The molecular weight excluding hydrogens is 210 g/mol. The van der Waals surface area contributed by atoms with E-state index in [-0.39, 0.29) is 5.69 Å². The number of nitrogens with zero attached hydrogens (tertiary/aromatic N) is 2. The van der Waals surface area contributed by atoms with Crippen molar-refractivity contribution >= 4 is 17.6 Å². The average Bonchev–Trinajstić information content (AvgIpc) is 2.15. The highest BCUT2D eigenvalue weighted by Crippen LogP contribution is 2.15. The molecular formula is C8H8F2N2OS. The number of halogens is 2. The number of pyridine rings is 1. The lowest BCUT2D eigenvalue weighted by atomic mass is 10.3. The van der Waals surface area contributed by atoms with Crippen LogP contribution in [0.1, 0.15) is 17.7 Å². The molecule has 0 N–H and O–H groups in total. The number of alkyl halides is 2. The summed E-state index contributed by atoms with van der Waals surface area (Å²) < 4.78 is 38.3. The van der Waals surface area contributed by atoms with Crippen LogP contribution >= 0.6 is 0 Å². The molecule has 6 heteroatoms. The molecule has 1 unspecified atom stereocenters. The molecule has 0 aromatic carbocycles. The molecule has 76 valence electrons. The Bertz CT molecular complexity index is 314. The van der Waals surface area contributed by atoms with Crippen LogP contribution < -0.4 is 0 Å². The Hall–Kier alpha value is -1.01. The van der Waals surface area contributed by atoms with Gasteiger partial charge in [0.05, 0.1) is 17.6 Å². The van der Waals surface area contributed by atoms with Crippen LogP contribution in [0.3, 0.4) is 0 Å². The second-order valence-electron chi connectivity index (χ2n) is 2.48. The molecule has 1 rings (SSSR count). The zero-order valence-electron chi connectivity index (χ0n) is 7.35. The first-order valence-corrected chi connectivity index (χ1v) is 5.23. The van der Waals surface area contributed by atoms with Gasteiger partial charge in [0.25, 0.3) is 6.43 Å². The molecule has 1 atom stereocenters. The van der Waals surface area contributed by atoms with Crippen molar-refractivity contribution in [1.82, 2.24) is 4.98 Å². The van der Waals surface area contributed by atoms with E-state index in [1.807, 2.05) is 0 Å². The number of hydrogen-bond acceptors (Lipinski definition) is 3. The normalized spacial score (nSPS) is 13.8. The first-order chi connectivity index (χ1) is 6.59. The zero-order valence-corrected chi connectivity index (χ0v) is 8.17. The Morgan fingerprint density at radius 1 is 1.57 bits per heavy atom. The minimum absolute atomic E-state index is 0.278. The minimum Gasteiger partial charge on any atom is -0.592 e. The van der Waals surface area contributed by atoms with Crippen molar-refractivity contribution in [3.8, 4) is 0 Å². The van der Waals surface area contributed by atoms with Gasteiger partial charge in [0.15, 0.2) is 0 Å². The van der Waals surface area contributed by atoms with Gasteiger partial charge in [-0.1, -0.05) is 4.40 Å². The fraction of sp³-hybridized carbons (Fsp3) is 0.250. The summed E-state index contributed by atoms with van der Waals surface area (Å²) in [5.41, 5.74) is 0.268. The second-order valence-corrected chi connectivity index (χ2v) is 3.53. The maximum atomic E-state index is 12.1. The van der Waals surface area contributed by atoms with E-state index in [2.05, 4.69) is 9.38 Å². The SMILES string of the molecule is C[S+]([O-])N=Cc1ccc(C(F)F)nc1. The lowest BCUT2D eigenvalue weighted by molar-refractivity contribution is 0.146. The van der Waals surface area contributed by atoms with E-state index < -0.39 is 17.8 Å². The predicted octanol–water partition coefficient (Wildman–Crippen LogP) is 1.73. The summed E-state index contributed by atoms with van der Waals surface area (Å²) in [6.45, 7) is 0. The Morgan fingerprint density at radius 2 is 2.29 bits per heavy atom. The summed E-state index contributed by atoms with van der Waals surface area (Å²) in [7, 11) is 0. The molecule has 0 spiro atoms. The smallest absolute Gasteiger partial charge is 0.280 e. The topological polar surface area (TPSA) is 48.3 Å². The fourth-order valence-electron chi connectivity index (χ4n) is 0.757. The van der Waals surface area contributed by atoms with Crippen LogP contribution in [-0.2, 0) is 11.4 Å². The molecule has 0 saturated carbocycles. The van der Waals surface area contributed by atoms with E-state index in [1.165, 1.54) is 30.8 Å². The molecule has 0 aliphatic rings. The predicted molar refractivity (Wildman–Crippen MR) is 50.9 cm³/mol. The van der Waals surface area contributed by atoms with Crippen LogP contribution in [0.5, 0.6) is 0 Å². The number of hydrogen-bond donors (Lipinski definition) is 0. The van der Waals surface area contributed by atoms with Crippen LogP contribution in [0.4, 0.5) is 8.78 Å². The van der Waals surface area contributed by atoms with Crippen LogP contribution in [0.15, 0.2) is 22.7 Å². The highest BCUT2D eigenvalue weighted by atomic mass is 32.2. The van der Waals surface area contributed by atoms with Gasteiger partial charge in [-0.25, -0.2) is 8.78 Å². The molecule has 0 bridgehead atoms. The summed E-state index contributed by atoms with van der Waals surface area (Å²) in [6.07, 6.45) is 1.44. The maximum absolute atomic E-state index is 12.1. The van der Waals surface area contributed by atoms with Crippen LogP contribution in [0.2, 0.25) is 0 Å². The van der Waals surface area contributed by atoms with Crippen molar-refractivity contribution < 1.29 is 13.3 Å². The van der Waals surface area contributed by atoms with Gasteiger partial charge in [0.1, 0.15) is 11.9 Å². The minimum atomic E-state index is -2.57. The van der Waals surface area contributed by atoms with Crippen molar-refractivity contribution in [3.63, 3.8) is 0 Å². The highest BCUT2D eigenvalue weighted by Gasteiger charge is 2.07. The van der Waals surface area contributed by atoms with E-state index in [1.54, 1.807) is 0 Å². The molecule has 0 saturated heterocycles. The highest BCUT2D eigenvalue weighted by molar-refractivity contribution is 7.89. The first-order valence-electron chi connectivity index (χ1n) is 3.71. The molecule has 0 fully saturated rings. The van der Waals surface area contributed by atoms with Gasteiger partial charge in [-0.3, -0.25) is 4.98 Å². The molecule has 0 aliphatic carbocycles. The van der Waals surface area contributed by atoms with Crippen molar-refractivity contribution in [2.75, 3.05) is 6.26 Å². The molecule has 1 heterocycles. The van der Waals surface area contributed by atoms with Crippen molar-refractivity contribution in [3.05, 3.63) is 29.6 Å². The summed E-state index contributed by atoms with van der Waals surface area (Å²) in [4.78, 5) is 3.52. The third-order valence-corrected chi connectivity index (χ3v) is 1.79. The van der Waals surface area contributed by atoms with E-state index in [9.17, 15) is 13.3 Å². The Balaban J connectivity index is 2.73. The molecule has 0 aliphatic heterocycles. The monoisotopic (exact) mass is 218 g/mol. The van der Waals surface area contributed by atoms with Gasteiger partial charge in [0.2, 0.25) is 0 Å². The van der Waals surface area contributed by atoms with Crippen molar-refractivity contribution in [2.45, 2.75) is 6.43 Å². The van der Waals surface area contributed by atoms with Gasteiger partial charge in [-0.2, -0.15) is 0 Å². The summed E-state index contributed by atoms with van der Waals surface area (Å²) in [6, 6.07) is 2.66. The van der Waals surface area contributed by atoms with Crippen molar-refractivity contribution in [1.29, 1.82) is 0 Å². The summed E-state index contributed by atoms with van der Waals surface area (Å²) in [5.74, 6) is 0. The lowest BCUT2D eigenvalue weighted by Gasteiger charge is -1.98. The van der Waals surface area contributed by atoms with Crippen LogP contribution in [0, 0.1) is 0 Å². The number of rotatable bonds is 3.